The van der Waals surface area contributed by atoms with Gasteiger partial charge < -0.3 is 35.1 Å². The van der Waals surface area contributed by atoms with Crippen LogP contribution in [0.4, 0.5) is 13.2 Å². The Morgan fingerprint density at radius 3 is 2.25 bits per heavy atom. The van der Waals surface area contributed by atoms with Gasteiger partial charge >= 0.3 is 0 Å². The summed E-state index contributed by atoms with van der Waals surface area (Å²) in [6, 6.07) is 14.6. The zero-order valence-corrected chi connectivity index (χ0v) is 30.0. The fourth-order valence-corrected chi connectivity index (χ4v) is 7.17. The molecule has 3 amide bonds. The molecule has 2 bridgehead atoms. The Hall–Kier alpha value is -5.04. The highest BCUT2D eigenvalue weighted by molar-refractivity contribution is 6.03. The Kier molecular flexibility index (Phi) is 11.9. The van der Waals surface area contributed by atoms with Crippen LogP contribution in [0.5, 0.6) is 17.2 Å². The van der Waals surface area contributed by atoms with Crippen LogP contribution in [0.2, 0.25) is 0 Å². The van der Waals surface area contributed by atoms with Crippen molar-refractivity contribution < 1.29 is 41.8 Å². The minimum atomic E-state index is -1.35. The lowest BCUT2D eigenvalue weighted by Gasteiger charge is -2.45. The predicted molar refractivity (Wildman–Crippen MR) is 192 cm³/mol. The first kappa shape index (κ1) is 37.7. The highest BCUT2D eigenvalue weighted by atomic mass is 19.2. The molecule has 2 heterocycles. The number of hydrogen-bond donors (Lipinski definition) is 2. The first-order valence-electron chi connectivity index (χ1n) is 18.0. The van der Waals surface area contributed by atoms with Crippen molar-refractivity contribution in [2.45, 2.75) is 76.0 Å². The van der Waals surface area contributed by atoms with Gasteiger partial charge in [0.05, 0.1) is 26.9 Å². The maximum atomic E-state index is 14.8. The van der Waals surface area contributed by atoms with Gasteiger partial charge in [0.2, 0.25) is 17.6 Å². The number of methoxy groups -OCH3 is 2. The molecule has 1 saturated heterocycles. The molecule has 53 heavy (non-hydrogen) atoms. The number of ether oxygens (including phenoxy) is 3. The fourth-order valence-electron chi connectivity index (χ4n) is 7.17. The van der Waals surface area contributed by atoms with E-state index in [4.69, 9.17) is 19.9 Å². The maximum Gasteiger partial charge on any atom is 0.252 e. The first-order chi connectivity index (χ1) is 25.5. The molecule has 2 fully saturated rings. The molecule has 1 saturated carbocycles. The van der Waals surface area contributed by atoms with E-state index in [0.717, 1.165) is 47.2 Å². The number of primary amides is 1. The number of nitrogens with one attached hydrogen (secondary N) is 1. The number of fused-ring (bicyclic) bond motifs is 2. The lowest BCUT2D eigenvalue weighted by atomic mass is 9.82. The molecule has 1 unspecified atom stereocenters. The standard InChI is InChI=1S/C40H45F3N4O6/c1-51-29-17-25(18-30(20-29)52-2)21-47(28-12-13-28)40(50)37-31(19-27-22-46(23-34(37)45-27)36(49)7-3-6-35(44)48)26-10-8-24(9-11-26)5-4-16-53-39-33(42)15-14-32(41)38(39)43/h8-11,14-15,17-18,20,27-28,34,45H,3-7,12-13,16,19,21-23H2,1-2H3,(H2,44,48)/t27?,34-/m1/s1. The minimum absolute atomic E-state index is 0.00814. The summed E-state index contributed by atoms with van der Waals surface area (Å²) in [6.07, 6.45) is 3.98. The van der Waals surface area contributed by atoms with Crippen LogP contribution >= 0.6 is 0 Å². The number of benzene rings is 3. The van der Waals surface area contributed by atoms with E-state index < -0.39 is 35.2 Å². The van der Waals surface area contributed by atoms with Crippen molar-refractivity contribution in [2.75, 3.05) is 33.9 Å². The van der Waals surface area contributed by atoms with Gasteiger partial charge in [-0.1, -0.05) is 24.3 Å². The molecule has 3 N–H and O–H groups in total. The molecular weight excluding hydrogens is 689 g/mol. The Balaban J connectivity index is 1.24. The summed E-state index contributed by atoms with van der Waals surface area (Å²) < 4.78 is 57.7. The van der Waals surface area contributed by atoms with Gasteiger partial charge in [0.1, 0.15) is 11.5 Å². The highest BCUT2D eigenvalue weighted by Crippen LogP contribution is 2.38. The van der Waals surface area contributed by atoms with E-state index in [2.05, 4.69) is 5.32 Å². The quantitative estimate of drug-likeness (QED) is 0.151. The monoisotopic (exact) mass is 734 g/mol. The number of carbonyl (C=O) groups excluding carboxylic acids is 3. The molecule has 6 rings (SSSR count). The summed E-state index contributed by atoms with van der Waals surface area (Å²) in [5.41, 5.74) is 9.57. The van der Waals surface area contributed by atoms with E-state index in [0.29, 0.717) is 62.4 Å². The van der Waals surface area contributed by atoms with E-state index in [1.54, 1.807) is 25.2 Å². The Morgan fingerprint density at radius 1 is 0.887 bits per heavy atom. The molecule has 0 radical (unpaired) electrons. The van der Waals surface area contributed by atoms with Crippen molar-refractivity contribution in [3.8, 4) is 17.2 Å². The summed E-state index contributed by atoms with van der Waals surface area (Å²) in [4.78, 5) is 43.1. The van der Waals surface area contributed by atoms with E-state index in [-0.39, 0.29) is 43.3 Å². The second-order valence-electron chi connectivity index (χ2n) is 13.8. The van der Waals surface area contributed by atoms with Crippen LogP contribution in [-0.4, -0.2) is 79.6 Å². The lowest BCUT2D eigenvalue weighted by Crippen LogP contribution is -2.62. The van der Waals surface area contributed by atoms with E-state index >= 15 is 0 Å². The van der Waals surface area contributed by atoms with Crippen LogP contribution in [0.1, 0.15) is 61.6 Å². The third-order valence-corrected chi connectivity index (χ3v) is 9.97. The minimum Gasteiger partial charge on any atom is -0.497 e. The molecule has 282 valence electrons. The molecule has 0 aromatic heterocycles. The molecule has 3 aromatic rings. The summed E-state index contributed by atoms with van der Waals surface area (Å²) in [5.74, 6) is -3.57. The normalized spacial score (nSPS) is 18.1. The van der Waals surface area contributed by atoms with Gasteiger partial charge in [-0.05, 0) is 85.1 Å². The van der Waals surface area contributed by atoms with Crippen molar-refractivity contribution in [3.63, 3.8) is 0 Å². The Labute approximate surface area is 307 Å². The highest BCUT2D eigenvalue weighted by Gasteiger charge is 2.43. The van der Waals surface area contributed by atoms with Crippen LogP contribution in [-0.2, 0) is 27.3 Å². The molecule has 3 aromatic carbocycles. The average Bonchev–Trinajstić information content (AvgIpc) is 4.00. The number of aryl methyl sites for hydroxylation is 1. The fraction of sp³-hybridized carbons (Fsp3) is 0.425. The van der Waals surface area contributed by atoms with Gasteiger partial charge in [-0.3, -0.25) is 14.4 Å². The number of hydrogen-bond acceptors (Lipinski definition) is 7. The van der Waals surface area contributed by atoms with Gasteiger partial charge in [0.15, 0.2) is 17.4 Å². The van der Waals surface area contributed by atoms with Crippen LogP contribution in [0, 0.1) is 17.5 Å². The first-order valence-corrected chi connectivity index (χ1v) is 18.0. The zero-order valence-electron chi connectivity index (χ0n) is 30.0. The number of amides is 3. The van der Waals surface area contributed by atoms with Gasteiger partial charge in [0, 0.05) is 56.2 Å². The molecule has 3 aliphatic rings. The third kappa shape index (κ3) is 9.13. The van der Waals surface area contributed by atoms with Gasteiger partial charge in [0.25, 0.3) is 5.91 Å². The Bertz CT molecular complexity index is 1840. The zero-order chi connectivity index (χ0) is 37.6. The second-order valence-corrected chi connectivity index (χ2v) is 13.8. The number of nitrogens with two attached hydrogens (primary N) is 1. The van der Waals surface area contributed by atoms with Crippen molar-refractivity contribution in [3.05, 3.63) is 94.3 Å². The molecular formula is C40H45F3N4O6. The number of piperazine rings is 1. The van der Waals surface area contributed by atoms with Crippen molar-refractivity contribution in [1.82, 2.24) is 15.1 Å². The van der Waals surface area contributed by atoms with Crippen LogP contribution < -0.4 is 25.3 Å². The molecule has 0 spiro atoms. The predicted octanol–water partition coefficient (Wildman–Crippen LogP) is 5.31. The summed E-state index contributed by atoms with van der Waals surface area (Å²) in [5, 5.41) is 3.62. The van der Waals surface area contributed by atoms with E-state index in [1.807, 2.05) is 41.3 Å². The van der Waals surface area contributed by atoms with Gasteiger partial charge in [-0.15, -0.1) is 0 Å². The SMILES string of the molecule is COc1cc(CN(C(=O)C2=C(c3ccc(CCCOc4c(F)ccc(F)c4F)cc3)CC3CN(C(=O)CCCC(N)=O)C[C@H]2N3)C2CC2)cc(OC)c1. The van der Waals surface area contributed by atoms with Crippen LogP contribution in [0.15, 0.2) is 60.2 Å². The molecule has 2 atom stereocenters. The average molecular weight is 735 g/mol. The van der Waals surface area contributed by atoms with Crippen molar-refractivity contribution in [2.24, 2.45) is 5.73 Å². The lowest BCUT2D eigenvalue weighted by molar-refractivity contribution is -0.134. The largest absolute Gasteiger partial charge is 0.497 e. The number of carbonyl (C=O) groups is 3. The molecule has 2 aliphatic heterocycles. The van der Waals surface area contributed by atoms with Gasteiger partial charge in [-0.2, -0.15) is 4.39 Å². The number of rotatable bonds is 16. The van der Waals surface area contributed by atoms with Crippen LogP contribution in [0.3, 0.4) is 0 Å². The van der Waals surface area contributed by atoms with Gasteiger partial charge in [-0.25, -0.2) is 8.78 Å². The topological polar surface area (TPSA) is 123 Å². The van der Waals surface area contributed by atoms with E-state index in [1.165, 1.54) is 0 Å². The summed E-state index contributed by atoms with van der Waals surface area (Å²) in [6.45, 7) is 1.12. The smallest absolute Gasteiger partial charge is 0.252 e. The third-order valence-electron chi connectivity index (χ3n) is 9.97. The summed E-state index contributed by atoms with van der Waals surface area (Å²) in [7, 11) is 3.17. The molecule has 1 aliphatic carbocycles. The second kappa shape index (κ2) is 16.7. The molecule has 10 nitrogen and oxygen atoms in total. The van der Waals surface area contributed by atoms with Crippen LogP contribution in [0.25, 0.3) is 5.57 Å². The number of nitrogens with zero attached hydrogens (tertiary/aromatic N) is 2. The van der Waals surface area contributed by atoms with Crippen molar-refractivity contribution >= 4 is 23.3 Å². The maximum absolute atomic E-state index is 14.8. The van der Waals surface area contributed by atoms with E-state index in [9.17, 15) is 27.6 Å². The number of halogens is 3. The molecule has 13 heteroatoms. The van der Waals surface area contributed by atoms with Crippen molar-refractivity contribution in [1.29, 1.82) is 0 Å². The summed E-state index contributed by atoms with van der Waals surface area (Å²) >= 11 is 0. The Morgan fingerprint density at radius 2 is 1.58 bits per heavy atom.